The van der Waals surface area contributed by atoms with Crippen LogP contribution in [0, 0.1) is 6.92 Å². The number of carbonyl (C=O) groups excluding carboxylic acids is 1. The Labute approximate surface area is 179 Å². The summed E-state index contributed by atoms with van der Waals surface area (Å²) in [5.74, 6) is -0.218. The molecule has 2 aromatic rings. The molecule has 1 fully saturated rings. The van der Waals surface area contributed by atoms with E-state index in [-0.39, 0.29) is 11.4 Å². The van der Waals surface area contributed by atoms with Gasteiger partial charge in [0.2, 0.25) is 0 Å². The maximum absolute atomic E-state index is 12.8. The number of halogens is 2. The van der Waals surface area contributed by atoms with Crippen LogP contribution in [-0.2, 0) is 14.9 Å². The van der Waals surface area contributed by atoms with Crippen LogP contribution >= 0.6 is 27.5 Å². The van der Waals surface area contributed by atoms with Crippen LogP contribution in [0.25, 0.3) is 6.08 Å². The fourth-order valence-corrected chi connectivity index (χ4v) is 5.72. The van der Waals surface area contributed by atoms with Crippen molar-refractivity contribution >= 4 is 45.3 Å². The van der Waals surface area contributed by atoms with Gasteiger partial charge in [-0.3, -0.25) is 0 Å². The van der Waals surface area contributed by atoms with E-state index < -0.39 is 5.54 Å². The van der Waals surface area contributed by atoms with Crippen molar-refractivity contribution in [2.24, 2.45) is 0 Å². The first-order valence-electron chi connectivity index (χ1n) is 9.50. The van der Waals surface area contributed by atoms with Gasteiger partial charge in [0.25, 0.3) is 0 Å². The highest BCUT2D eigenvalue weighted by molar-refractivity contribution is 9.11. The number of esters is 1. The molecule has 5 heteroatoms. The van der Waals surface area contributed by atoms with Crippen molar-refractivity contribution in [3.8, 4) is 0 Å². The summed E-state index contributed by atoms with van der Waals surface area (Å²) in [6, 6.07) is 14.1. The predicted octanol–water partition coefficient (Wildman–Crippen LogP) is 6.23. The summed E-state index contributed by atoms with van der Waals surface area (Å²) in [5, 5.41) is 4.09. The van der Waals surface area contributed by atoms with Crippen LogP contribution < -0.4 is 5.32 Å². The Hall–Kier alpha value is -1.78. The maximum Gasteiger partial charge on any atom is 0.331 e. The van der Waals surface area contributed by atoms with Crippen molar-refractivity contribution in [1.82, 2.24) is 0 Å². The fraction of sp³-hybridized carbons (Fsp3) is 0.348. The molecule has 0 atom stereocenters. The van der Waals surface area contributed by atoms with E-state index in [1.165, 1.54) is 28.3 Å². The van der Waals surface area contributed by atoms with E-state index in [1.54, 1.807) is 0 Å². The topological polar surface area (TPSA) is 38.3 Å². The third kappa shape index (κ3) is 3.17. The van der Waals surface area contributed by atoms with Gasteiger partial charge in [0.1, 0.15) is 5.54 Å². The minimum atomic E-state index is -0.745. The number of nitrogens with one attached hydrogen (secondary N) is 1. The Morgan fingerprint density at radius 1 is 1.14 bits per heavy atom. The van der Waals surface area contributed by atoms with Gasteiger partial charge in [0, 0.05) is 20.6 Å². The monoisotopic (exact) mass is 459 g/mol. The van der Waals surface area contributed by atoms with E-state index in [1.807, 2.05) is 24.3 Å². The van der Waals surface area contributed by atoms with Crippen molar-refractivity contribution in [3.63, 3.8) is 0 Å². The van der Waals surface area contributed by atoms with Gasteiger partial charge < -0.3 is 10.1 Å². The molecule has 2 aromatic carbocycles. The third-order valence-corrected chi connectivity index (χ3v) is 7.43. The Morgan fingerprint density at radius 3 is 2.57 bits per heavy atom. The molecule has 2 aliphatic rings. The molecular weight excluding hydrogens is 438 g/mol. The first-order chi connectivity index (χ1) is 13.4. The summed E-state index contributed by atoms with van der Waals surface area (Å²) < 4.78 is 6.41. The van der Waals surface area contributed by atoms with Crippen LogP contribution in [-0.4, -0.2) is 18.6 Å². The molecule has 1 saturated carbocycles. The molecule has 0 unspecified atom stereocenters. The highest BCUT2D eigenvalue weighted by atomic mass is 79.9. The molecule has 2 aliphatic carbocycles. The number of anilines is 1. The summed E-state index contributed by atoms with van der Waals surface area (Å²) in [6.45, 7) is 2.12. The molecule has 0 heterocycles. The summed E-state index contributed by atoms with van der Waals surface area (Å²) in [4.78, 5) is 12.8. The zero-order valence-electron chi connectivity index (χ0n) is 16.0. The number of hydrogen-bond donors (Lipinski definition) is 1. The molecule has 0 saturated heterocycles. The van der Waals surface area contributed by atoms with E-state index in [0.29, 0.717) is 17.9 Å². The minimum Gasteiger partial charge on any atom is -0.467 e. The fourth-order valence-electron chi connectivity index (χ4n) is 4.67. The number of rotatable bonds is 3. The summed E-state index contributed by atoms with van der Waals surface area (Å²) >= 11 is 9.98. The molecule has 3 nitrogen and oxygen atoms in total. The first-order valence-corrected chi connectivity index (χ1v) is 10.7. The lowest BCUT2D eigenvalue weighted by Crippen LogP contribution is -2.52. The van der Waals surface area contributed by atoms with Gasteiger partial charge in [-0.15, -0.1) is 0 Å². The van der Waals surface area contributed by atoms with Gasteiger partial charge in [-0.2, -0.15) is 0 Å². The number of hydrogen-bond acceptors (Lipinski definition) is 3. The SMILES string of the molecule is COC(=O)C1(Nc2cccc(Cl)c2)CCC2(CC1)C(Br)=Cc1cc(C)ccc12. The van der Waals surface area contributed by atoms with Gasteiger partial charge in [0.15, 0.2) is 0 Å². The standard InChI is InChI=1S/C23H23BrClNO2/c1-15-6-7-19-16(12-15)13-20(24)22(19)8-10-23(11-9-22,21(27)28-2)26-18-5-3-4-17(25)14-18/h3-7,12-14,26H,8-11H2,1-2H3. The number of aryl methyl sites for hydroxylation is 1. The van der Waals surface area contributed by atoms with Crippen molar-refractivity contribution in [2.75, 3.05) is 12.4 Å². The van der Waals surface area contributed by atoms with Crippen molar-refractivity contribution < 1.29 is 9.53 Å². The predicted molar refractivity (Wildman–Crippen MR) is 118 cm³/mol. The average Bonchev–Trinajstić information content (AvgIpc) is 2.94. The minimum absolute atomic E-state index is 0.0590. The maximum atomic E-state index is 12.8. The Balaban J connectivity index is 1.65. The van der Waals surface area contributed by atoms with Gasteiger partial charge in [0.05, 0.1) is 7.11 Å². The number of ether oxygens (including phenoxy) is 1. The molecule has 4 rings (SSSR count). The summed E-state index contributed by atoms with van der Waals surface area (Å²) in [7, 11) is 1.46. The van der Waals surface area contributed by atoms with Crippen LogP contribution in [0.4, 0.5) is 5.69 Å². The summed E-state index contributed by atoms with van der Waals surface area (Å²) in [5.41, 5.74) is 3.93. The van der Waals surface area contributed by atoms with Crippen LogP contribution in [0.5, 0.6) is 0 Å². The molecule has 0 bridgehead atoms. The van der Waals surface area contributed by atoms with Crippen molar-refractivity contribution in [2.45, 2.75) is 43.6 Å². The second kappa shape index (κ2) is 7.23. The largest absolute Gasteiger partial charge is 0.467 e. The number of fused-ring (bicyclic) bond motifs is 2. The molecule has 28 heavy (non-hydrogen) atoms. The second-order valence-corrected chi connectivity index (χ2v) is 9.16. The number of benzene rings is 2. The van der Waals surface area contributed by atoms with Crippen molar-refractivity contribution in [3.05, 3.63) is 68.7 Å². The first kappa shape index (κ1) is 19.5. The zero-order valence-corrected chi connectivity index (χ0v) is 18.4. The van der Waals surface area contributed by atoms with Crippen LogP contribution in [0.3, 0.4) is 0 Å². The molecule has 0 aliphatic heterocycles. The number of methoxy groups -OCH3 is 1. The number of allylic oxidation sites excluding steroid dienone is 1. The Bertz CT molecular complexity index is 961. The molecule has 0 radical (unpaired) electrons. The Kier molecular flexibility index (Phi) is 5.05. The van der Waals surface area contributed by atoms with Crippen LogP contribution in [0.1, 0.15) is 42.4 Å². The molecule has 0 aromatic heterocycles. The molecular formula is C23H23BrClNO2. The third-order valence-electron chi connectivity index (χ3n) is 6.20. The smallest absolute Gasteiger partial charge is 0.331 e. The van der Waals surface area contributed by atoms with E-state index in [9.17, 15) is 4.79 Å². The lowest BCUT2D eigenvalue weighted by molar-refractivity contribution is -0.147. The lowest BCUT2D eigenvalue weighted by Gasteiger charge is -2.45. The van der Waals surface area contributed by atoms with Gasteiger partial charge >= 0.3 is 5.97 Å². The molecule has 0 amide bonds. The molecule has 1 spiro atoms. The summed E-state index contributed by atoms with van der Waals surface area (Å²) in [6.07, 6.45) is 5.33. The van der Waals surface area contributed by atoms with E-state index in [0.717, 1.165) is 18.5 Å². The molecule has 146 valence electrons. The van der Waals surface area contributed by atoms with Crippen LogP contribution in [0.2, 0.25) is 5.02 Å². The van der Waals surface area contributed by atoms with Crippen molar-refractivity contribution in [1.29, 1.82) is 0 Å². The zero-order chi connectivity index (χ0) is 19.9. The lowest BCUT2D eigenvalue weighted by atomic mass is 9.65. The van der Waals surface area contributed by atoms with E-state index in [2.05, 4.69) is 52.4 Å². The number of carbonyl (C=O) groups is 1. The van der Waals surface area contributed by atoms with Gasteiger partial charge in [-0.25, -0.2) is 4.79 Å². The van der Waals surface area contributed by atoms with E-state index in [4.69, 9.17) is 16.3 Å². The highest BCUT2D eigenvalue weighted by Gasteiger charge is 2.51. The van der Waals surface area contributed by atoms with Crippen LogP contribution in [0.15, 0.2) is 46.9 Å². The average molecular weight is 461 g/mol. The Morgan fingerprint density at radius 2 is 1.89 bits per heavy atom. The normalized spacial score (nSPS) is 25.9. The quantitative estimate of drug-likeness (QED) is 0.551. The molecule has 1 N–H and O–H groups in total. The highest BCUT2D eigenvalue weighted by Crippen LogP contribution is 2.55. The van der Waals surface area contributed by atoms with Gasteiger partial charge in [-0.1, -0.05) is 57.4 Å². The second-order valence-electron chi connectivity index (χ2n) is 7.87. The van der Waals surface area contributed by atoms with Gasteiger partial charge in [-0.05, 0) is 68.0 Å². The van der Waals surface area contributed by atoms with E-state index >= 15 is 0 Å².